The minimum atomic E-state index is -4.26. The van der Waals surface area contributed by atoms with Gasteiger partial charge in [0, 0.05) is 20.3 Å². The first-order valence-electron chi connectivity index (χ1n) is 6.40. The van der Waals surface area contributed by atoms with E-state index in [2.05, 4.69) is 5.32 Å². The zero-order chi connectivity index (χ0) is 14.1. The van der Waals surface area contributed by atoms with Crippen LogP contribution in [0.25, 0.3) is 0 Å². The Balaban J connectivity index is 2.20. The van der Waals surface area contributed by atoms with Gasteiger partial charge in [-0.1, -0.05) is 12.1 Å². The largest absolute Gasteiger partial charge is 0.416 e. The molecule has 0 unspecified atom stereocenters. The van der Waals surface area contributed by atoms with Gasteiger partial charge in [-0.2, -0.15) is 13.2 Å². The molecule has 19 heavy (non-hydrogen) atoms. The van der Waals surface area contributed by atoms with Gasteiger partial charge in [-0.15, -0.1) is 0 Å². The van der Waals surface area contributed by atoms with Crippen molar-refractivity contribution in [3.05, 3.63) is 35.4 Å². The van der Waals surface area contributed by atoms with Crippen molar-refractivity contribution in [1.29, 1.82) is 0 Å². The number of ether oxygens (including phenoxy) is 1. The summed E-state index contributed by atoms with van der Waals surface area (Å²) < 4.78 is 42.0. The van der Waals surface area contributed by atoms with E-state index in [0.29, 0.717) is 6.54 Å². The van der Waals surface area contributed by atoms with Crippen LogP contribution in [-0.2, 0) is 17.5 Å². The summed E-state index contributed by atoms with van der Waals surface area (Å²) in [5.41, 5.74) is 0.265. The Morgan fingerprint density at radius 1 is 1.05 bits per heavy atom. The molecule has 0 aliphatic heterocycles. The first-order valence-corrected chi connectivity index (χ1v) is 6.40. The number of nitrogens with one attached hydrogen (secondary N) is 1. The molecule has 1 rings (SSSR count). The predicted molar refractivity (Wildman–Crippen MR) is 68.9 cm³/mol. The SMILES string of the molecule is COCCCCCNCc1ccc(C(F)(F)F)cc1. The van der Waals surface area contributed by atoms with E-state index in [1.807, 2.05) is 0 Å². The summed E-state index contributed by atoms with van der Waals surface area (Å²) >= 11 is 0. The Bertz CT molecular complexity index is 349. The molecule has 0 fully saturated rings. The van der Waals surface area contributed by atoms with E-state index < -0.39 is 11.7 Å². The van der Waals surface area contributed by atoms with Crippen LogP contribution < -0.4 is 5.32 Å². The predicted octanol–water partition coefficient (Wildman–Crippen LogP) is 3.61. The normalized spacial score (nSPS) is 11.8. The molecule has 0 aromatic heterocycles. The molecule has 0 radical (unpaired) electrons. The lowest BCUT2D eigenvalue weighted by Crippen LogP contribution is -2.15. The summed E-state index contributed by atoms with van der Waals surface area (Å²) in [4.78, 5) is 0. The van der Waals surface area contributed by atoms with E-state index in [0.717, 1.165) is 50.1 Å². The molecule has 0 atom stereocenters. The van der Waals surface area contributed by atoms with Crippen LogP contribution in [0, 0.1) is 0 Å². The first kappa shape index (κ1) is 16.0. The maximum Gasteiger partial charge on any atom is 0.416 e. The highest BCUT2D eigenvalue weighted by atomic mass is 19.4. The van der Waals surface area contributed by atoms with Gasteiger partial charge in [0.2, 0.25) is 0 Å². The van der Waals surface area contributed by atoms with Crippen molar-refractivity contribution in [1.82, 2.24) is 5.32 Å². The quantitative estimate of drug-likeness (QED) is 0.732. The van der Waals surface area contributed by atoms with Crippen molar-refractivity contribution in [2.45, 2.75) is 32.0 Å². The smallest absolute Gasteiger partial charge is 0.385 e. The van der Waals surface area contributed by atoms with Gasteiger partial charge in [-0.05, 0) is 43.5 Å². The van der Waals surface area contributed by atoms with Gasteiger partial charge in [0.25, 0.3) is 0 Å². The second-order valence-corrected chi connectivity index (χ2v) is 4.42. The lowest BCUT2D eigenvalue weighted by molar-refractivity contribution is -0.137. The maximum absolute atomic E-state index is 12.3. The molecule has 0 spiro atoms. The molecule has 0 heterocycles. The molecule has 5 heteroatoms. The average molecular weight is 275 g/mol. The third-order valence-corrected chi connectivity index (χ3v) is 2.81. The van der Waals surface area contributed by atoms with E-state index in [9.17, 15) is 13.2 Å². The number of hydrogen-bond acceptors (Lipinski definition) is 2. The second-order valence-electron chi connectivity index (χ2n) is 4.42. The summed E-state index contributed by atoms with van der Waals surface area (Å²) in [6.07, 6.45) is -1.08. The number of benzene rings is 1. The fraction of sp³-hybridized carbons (Fsp3) is 0.571. The van der Waals surface area contributed by atoms with Crippen LogP contribution in [0.1, 0.15) is 30.4 Å². The van der Waals surface area contributed by atoms with Gasteiger partial charge in [0.15, 0.2) is 0 Å². The lowest BCUT2D eigenvalue weighted by atomic mass is 10.1. The van der Waals surface area contributed by atoms with E-state index in [4.69, 9.17) is 4.74 Å². The van der Waals surface area contributed by atoms with Crippen molar-refractivity contribution in [2.24, 2.45) is 0 Å². The highest BCUT2D eigenvalue weighted by molar-refractivity contribution is 5.24. The fourth-order valence-electron chi connectivity index (χ4n) is 1.72. The third kappa shape index (κ3) is 6.59. The van der Waals surface area contributed by atoms with Crippen LogP contribution in [0.2, 0.25) is 0 Å². The highest BCUT2D eigenvalue weighted by Crippen LogP contribution is 2.28. The van der Waals surface area contributed by atoms with Crippen LogP contribution in [0.3, 0.4) is 0 Å². The highest BCUT2D eigenvalue weighted by Gasteiger charge is 2.29. The molecular weight excluding hydrogens is 255 g/mol. The molecule has 0 bridgehead atoms. The average Bonchev–Trinajstić information content (AvgIpc) is 2.37. The zero-order valence-corrected chi connectivity index (χ0v) is 11.1. The Morgan fingerprint density at radius 2 is 1.74 bits per heavy atom. The number of alkyl halides is 3. The van der Waals surface area contributed by atoms with Crippen molar-refractivity contribution in [3.63, 3.8) is 0 Å². The summed E-state index contributed by atoms with van der Waals surface area (Å²) in [6, 6.07) is 5.27. The van der Waals surface area contributed by atoms with Crippen LogP contribution in [-0.4, -0.2) is 20.3 Å². The summed E-state index contributed by atoms with van der Waals surface area (Å²) in [5, 5.41) is 3.21. The molecule has 0 saturated carbocycles. The Hall–Kier alpha value is -1.07. The molecule has 0 aliphatic carbocycles. The van der Waals surface area contributed by atoms with E-state index in [1.165, 1.54) is 12.1 Å². The number of hydrogen-bond donors (Lipinski definition) is 1. The standard InChI is InChI=1S/C14H20F3NO/c1-19-10-4-2-3-9-18-11-12-5-7-13(8-6-12)14(15,16)17/h5-8,18H,2-4,9-11H2,1H3. The van der Waals surface area contributed by atoms with E-state index >= 15 is 0 Å². The van der Waals surface area contributed by atoms with Crippen molar-refractivity contribution >= 4 is 0 Å². The third-order valence-electron chi connectivity index (χ3n) is 2.81. The molecule has 0 aliphatic rings. The molecule has 0 amide bonds. The summed E-state index contributed by atoms with van der Waals surface area (Å²) in [7, 11) is 1.68. The van der Waals surface area contributed by atoms with Gasteiger partial charge in [-0.25, -0.2) is 0 Å². The molecule has 108 valence electrons. The molecule has 0 saturated heterocycles. The van der Waals surface area contributed by atoms with Crippen LogP contribution in [0.5, 0.6) is 0 Å². The van der Waals surface area contributed by atoms with Crippen molar-refractivity contribution in [2.75, 3.05) is 20.3 Å². The van der Waals surface area contributed by atoms with Gasteiger partial charge in [0.05, 0.1) is 5.56 Å². The monoisotopic (exact) mass is 275 g/mol. The van der Waals surface area contributed by atoms with Crippen molar-refractivity contribution in [3.8, 4) is 0 Å². The maximum atomic E-state index is 12.3. The Morgan fingerprint density at radius 3 is 2.32 bits per heavy atom. The number of halogens is 3. The fourth-order valence-corrected chi connectivity index (χ4v) is 1.72. The Kier molecular flexibility index (Phi) is 6.87. The number of unbranched alkanes of at least 4 members (excludes halogenated alkanes) is 2. The molecule has 1 aromatic rings. The van der Waals surface area contributed by atoms with Gasteiger partial charge in [-0.3, -0.25) is 0 Å². The second kappa shape index (κ2) is 8.17. The molecule has 1 N–H and O–H groups in total. The number of methoxy groups -OCH3 is 1. The van der Waals surface area contributed by atoms with Gasteiger partial charge >= 0.3 is 6.18 Å². The topological polar surface area (TPSA) is 21.3 Å². The minimum Gasteiger partial charge on any atom is -0.385 e. The van der Waals surface area contributed by atoms with E-state index in [-0.39, 0.29) is 0 Å². The summed E-state index contributed by atoms with van der Waals surface area (Å²) in [6.45, 7) is 2.24. The van der Waals surface area contributed by atoms with Crippen molar-refractivity contribution < 1.29 is 17.9 Å². The first-order chi connectivity index (χ1) is 9.04. The van der Waals surface area contributed by atoms with Gasteiger partial charge < -0.3 is 10.1 Å². The lowest BCUT2D eigenvalue weighted by Gasteiger charge is -2.08. The molecule has 2 nitrogen and oxygen atoms in total. The van der Waals surface area contributed by atoms with Crippen LogP contribution in [0.4, 0.5) is 13.2 Å². The molecule has 1 aromatic carbocycles. The zero-order valence-electron chi connectivity index (χ0n) is 11.1. The summed E-state index contributed by atoms with van der Waals surface area (Å²) in [5.74, 6) is 0. The number of rotatable bonds is 8. The Labute approximate surface area is 112 Å². The minimum absolute atomic E-state index is 0.600. The van der Waals surface area contributed by atoms with Gasteiger partial charge in [0.1, 0.15) is 0 Å². The van der Waals surface area contributed by atoms with Crippen LogP contribution in [0.15, 0.2) is 24.3 Å². The van der Waals surface area contributed by atoms with Crippen LogP contribution >= 0.6 is 0 Å². The molecular formula is C14H20F3NO. The van der Waals surface area contributed by atoms with E-state index in [1.54, 1.807) is 7.11 Å².